The fraction of sp³-hybridized carbons (Fsp3) is 0.600. The Labute approximate surface area is 160 Å². The van der Waals surface area contributed by atoms with Crippen LogP contribution >= 0.6 is 0 Å². The van der Waals surface area contributed by atoms with E-state index in [4.69, 9.17) is 4.74 Å². The van der Waals surface area contributed by atoms with E-state index in [1.165, 1.54) is 32.2 Å². The van der Waals surface area contributed by atoms with Gasteiger partial charge in [-0.25, -0.2) is 9.59 Å². The summed E-state index contributed by atoms with van der Waals surface area (Å²) in [6.07, 6.45) is 6.16. The minimum atomic E-state index is -0.322. The monoisotopic (exact) mass is 372 g/mol. The molecule has 7 heteroatoms. The maximum Gasteiger partial charge on any atom is 0.414 e. The van der Waals surface area contributed by atoms with Crippen LogP contribution in [0.1, 0.15) is 32.1 Å². The number of hydrogen-bond acceptors (Lipinski definition) is 4. The fourth-order valence-electron chi connectivity index (χ4n) is 4.38. The molecule has 4 rings (SSSR count). The number of anilines is 2. The summed E-state index contributed by atoms with van der Waals surface area (Å²) in [5, 5.41) is 5.97. The second kappa shape index (κ2) is 8.17. The highest BCUT2D eigenvalue weighted by atomic mass is 16.6. The van der Waals surface area contributed by atoms with Crippen molar-refractivity contribution in [2.24, 2.45) is 5.92 Å². The zero-order chi connectivity index (χ0) is 18.6. The molecule has 1 unspecified atom stereocenters. The number of urea groups is 1. The van der Waals surface area contributed by atoms with E-state index < -0.39 is 0 Å². The Bertz CT molecular complexity index is 672. The van der Waals surface area contributed by atoms with E-state index in [9.17, 15) is 9.59 Å². The molecule has 3 amide bonds. The predicted octanol–water partition coefficient (Wildman–Crippen LogP) is 3.03. The molecule has 0 bridgehead atoms. The van der Waals surface area contributed by atoms with E-state index >= 15 is 0 Å². The molecule has 146 valence electrons. The van der Waals surface area contributed by atoms with Gasteiger partial charge in [0.25, 0.3) is 0 Å². The number of likely N-dealkylation sites (tertiary alicyclic amines) is 1. The second-order valence-electron chi connectivity index (χ2n) is 7.81. The third-order valence-electron chi connectivity index (χ3n) is 5.80. The number of hydrogen-bond donors (Lipinski definition) is 2. The molecule has 0 spiro atoms. The minimum absolute atomic E-state index is 0.170. The molecule has 1 aromatic carbocycles. The number of benzene rings is 1. The van der Waals surface area contributed by atoms with Gasteiger partial charge in [0.15, 0.2) is 0 Å². The Hall–Kier alpha value is -2.28. The van der Waals surface area contributed by atoms with Crippen LogP contribution < -0.4 is 15.5 Å². The summed E-state index contributed by atoms with van der Waals surface area (Å²) >= 11 is 0. The highest BCUT2D eigenvalue weighted by molar-refractivity contribution is 5.91. The van der Waals surface area contributed by atoms with Crippen molar-refractivity contribution < 1.29 is 14.3 Å². The lowest BCUT2D eigenvalue weighted by Gasteiger charge is -2.20. The third kappa shape index (κ3) is 4.53. The maximum atomic E-state index is 12.3. The molecule has 2 heterocycles. The molecule has 3 aliphatic rings. The van der Waals surface area contributed by atoms with Crippen molar-refractivity contribution in [1.29, 1.82) is 0 Å². The van der Waals surface area contributed by atoms with Gasteiger partial charge >= 0.3 is 12.1 Å². The molecule has 1 atom stereocenters. The van der Waals surface area contributed by atoms with Crippen molar-refractivity contribution in [3.63, 3.8) is 0 Å². The molecule has 2 saturated heterocycles. The zero-order valence-corrected chi connectivity index (χ0v) is 15.7. The van der Waals surface area contributed by atoms with E-state index in [1.54, 1.807) is 4.90 Å². The van der Waals surface area contributed by atoms with Gasteiger partial charge in [-0.3, -0.25) is 4.90 Å². The van der Waals surface area contributed by atoms with Crippen molar-refractivity contribution in [2.75, 3.05) is 43.0 Å². The van der Waals surface area contributed by atoms with E-state index in [0.29, 0.717) is 18.8 Å². The molecule has 1 aliphatic carbocycles. The van der Waals surface area contributed by atoms with Crippen LogP contribution in [0.4, 0.5) is 21.0 Å². The van der Waals surface area contributed by atoms with Crippen LogP contribution in [0, 0.1) is 5.92 Å². The molecular formula is C20H28N4O3. The summed E-state index contributed by atoms with van der Waals surface area (Å²) in [6.45, 7) is 4.17. The van der Waals surface area contributed by atoms with Gasteiger partial charge in [-0.05, 0) is 49.4 Å². The van der Waals surface area contributed by atoms with Crippen molar-refractivity contribution in [2.45, 2.75) is 38.1 Å². The summed E-state index contributed by atoms with van der Waals surface area (Å²) < 4.78 is 4.94. The molecule has 0 radical (unpaired) electrons. The number of ether oxygens (including phenoxy) is 1. The largest absolute Gasteiger partial charge is 0.447 e. The van der Waals surface area contributed by atoms with Gasteiger partial charge in [0.1, 0.15) is 6.61 Å². The number of carbonyl (C=O) groups excluding carboxylic acids is 2. The van der Waals surface area contributed by atoms with Gasteiger partial charge in [0, 0.05) is 37.1 Å². The highest BCUT2D eigenvalue weighted by Gasteiger charge is 2.27. The lowest BCUT2D eigenvalue weighted by molar-refractivity contribution is 0.181. The average molecular weight is 372 g/mol. The first kappa shape index (κ1) is 18.1. The first-order chi connectivity index (χ1) is 13.2. The Balaban J connectivity index is 1.23. The van der Waals surface area contributed by atoms with Crippen LogP contribution in [0.25, 0.3) is 0 Å². The lowest BCUT2D eigenvalue weighted by Crippen LogP contribution is -2.40. The second-order valence-corrected chi connectivity index (χ2v) is 7.81. The summed E-state index contributed by atoms with van der Waals surface area (Å²) in [7, 11) is 0. The number of carbonyl (C=O) groups is 2. The number of rotatable bonds is 5. The van der Waals surface area contributed by atoms with E-state index in [2.05, 4.69) is 15.5 Å². The Morgan fingerprint density at radius 2 is 1.89 bits per heavy atom. The minimum Gasteiger partial charge on any atom is -0.447 e. The zero-order valence-electron chi connectivity index (χ0n) is 15.7. The summed E-state index contributed by atoms with van der Waals surface area (Å²) in [5.74, 6) is 0.851. The molecule has 0 aromatic heterocycles. The van der Waals surface area contributed by atoms with Crippen LogP contribution in [-0.2, 0) is 4.74 Å². The summed E-state index contributed by atoms with van der Waals surface area (Å²) in [5.41, 5.74) is 1.49. The smallest absolute Gasteiger partial charge is 0.414 e. The van der Waals surface area contributed by atoms with E-state index in [1.807, 2.05) is 24.3 Å². The molecule has 7 nitrogen and oxygen atoms in total. The molecule has 1 aromatic rings. The van der Waals surface area contributed by atoms with Gasteiger partial charge < -0.3 is 20.3 Å². The average Bonchev–Trinajstić information content (AvgIpc) is 3.40. The van der Waals surface area contributed by atoms with Crippen molar-refractivity contribution >= 4 is 23.5 Å². The van der Waals surface area contributed by atoms with Crippen LogP contribution in [0.15, 0.2) is 24.3 Å². The van der Waals surface area contributed by atoms with Crippen LogP contribution in [0.2, 0.25) is 0 Å². The number of cyclic esters (lactones) is 1. The lowest BCUT2D eigenvalue weighted by atomic mass is 10.1. The number of nitrogens with zero attached hydrogens (tertiary/aromatic N) is 2. The van der Waals surface area contributed by atoms with Crippen LogP contribution in [0.3, 0.4) is 0 Å². The molecular weight excluding hydrogens is 344 g/mol. The third-order valence-corrected chi connectivity index (χ3v) is 5.80. The first-order valence-electron chi connectivity index (χ1n) is 10.0. The topological polar surface area (TPSA) is 73.9 Å². The normalized spacial score (nSPS) is 23.6. The van der Waals surface area contributed by atoms with Crippen molar-refractivity contribution in [3.05, 3.63) is 24.3 Å². The summed E-state index contributed by atoms with van der Waals surface area (Å²) in [4.78, 5) is 27.9. The SMILES string of the molecule is O=C(Nc1ccc(N2CCOC2=O)cc1)NC1CCN(CC2CCCC2)C1. The van der Waals surface area contributed by atoms with E-state index in [-0.39, 0.29) is 18.2 Å². The van der Waals surface area contributed by atoms with Gasteiger partial charge in [-0.15, -0.1) is 0 Å². The quantitative estimate of drug-likeness (QED) is 0.833. The van der Waals surface area contributed by atoms with Crippen LogP contribution in [0.5, 0.6) is 0 Å². The van der Waals surface area contributed by atoms with Gasteiger partial charge in [-0.1, -0.05) is 12.8 Å². The fourth-order valence-corrected chi connectivity index (χ4v) is 4.38. The number of nitrogens with one attached hydrogen (secondary N) is 2. The molecule has 27 heavy (non-hydrogen) atoms. The molecule has 2 N–H and O–H groups in total. The summed E-state index contributed by atoms with van der Waals surface area (Å²) in [6, 6.07) is 7.30. The van der Waals surface area contributed by atoms with Crippen molar-refractivity contribution in [1.82, 2.24) is 10.2 Å². The predicted molar refractivity (Wildman–Crippen MR) is 104 cm³/mol. The highest BCUT2D eigenvalue weighted by Crippen LogP contribution is 2.26. The Morgan fingerprint density at radius 3 is 2.59 bits per heavy atom. The van der Waals surface area contributed by atoms with Crippen molar-refractivity contribution in [3.8, 4) is 0 Å². The molecule has 2 aliphatic heterocycles. The Morgan fingerprint density at radius 1 is 1.11 bits per heavy atom. The van der Waals surface area contributed by atoms with Gasteiger partial charge in [0.05, 0.1) is 6.54 Å². The molecule has 1 saturated carbocycles. The van der Waals surface area contributed by atoms with Gasteiger partial charge in [-0.2, -0.15) is 0 Å². The van der Waals surface area contributed by atoms with Crippen LogP contribution in [-0.4, -0.2) is 55.9 Å². The number of amides is 3. The van der Waals surface area contributed by atoms with E-state index in [0.717, 1.165) is 31.1 Å². The van der Waals surface area contributed by atoms with Gasteiger partial charge in [0.2, 0.25) is 0 Å². The standard InChI is InChI=1S/C20H28N4O3/c25-19(22-17-9-10-23(14-17)13-15-3-1-2-4-15)21-16-5-7-18(8-6-16)24-11-12-27-20(24)26/h5-8,15,17H,1-4,9-14H2,(H2,21,22,25). The molecule has 3 fully saturated rings. The first-order valence-corrected chi connectivity index (χ1v) is 10.0. The maximum absolute atomic E-state index is 12.3. The Kier molecular flexibility index (Phi) is 5.48.